The number of rotatable bonds is 5. The number of nitro groups is 1. The van der Waals surface area contributed by atoms with Crippen LogP contribution in [0.25, 0.3) is 0 Å². The Morgan fingerprint density at radius 3 is 2.15 bits per heavy atom. The fourth-order valence-corrected chi connectivity index (χ4v) is 3.01. The van der Waals surface area contributed by atoms with Crippen LogP contribution in [-0.2, 0) is 4.79 Å². The molecule has 3 rings (SSSR count). The fraction of sp³-hybridized carbons (Fsp3) is 0.316. The summed E-state index contributed by atoms with van der Waals surface area (Å²) in [5.41, 5.74) is 1.38. The molecule has 0 bridgehead atoms. The van der Waals surface area contributed by atoms with Crippen molar-refractivity contribution >= 4 is 23.0 Å². The molecule has 0 aromatic heterocycles. The summed E-state index contributed by atoms with van der Waals surface area (Å²) in [6.07, 6.45) is 0. The summed E-state index contributed by atoms with van der Waals surface area (Å²) in [4.78, 5) is 29.5. The van der Waals surface area contributed by atoms with E-state index >= 15 is 0 Å². The summed E-state index contributed by atoms with van der Waals surface area (Å²) in [5.74, 6) is -0.0467. The second kappa shape index (κ2) is 8.07. The zero-order valence-corrected chi connectivity index (χ0v) is 14.7. The third-order valence-corrected chi connectivity index (χ3v) is 4.54. The number of carbonyl (C=O) groups excluding carboxylic acids is 1. The van der Waals surface area contributed by atoms with E-state index < -0.39 is 4.92 Å². The van der Waals surface area contributed by atoms with E-state index in [-0.39, 0.29) is 11.6 Å². The average molecular weight is 354 g/mol. The maximum absolute atomic E-state index is 13.0. The van der Waals surface area contributed by atoms with Gasteiger partial charge in [0.15, 0.2) is 0 Å². The molecule has 0 unspecified atom stereocenters. The number of nitrogens with zero attached hydrogens (tertiary/aromatic N) is 4. The van der Waals surface area contributed by atoms with E-state index in [2.05, 4.69) is 16.8 Å². The Balaban J connectivity index is 1.83. The number of anilines is 2. The minimum absolute atomic E-state index is 0.00767. The molecule has 7 nitrogen and oxygen atoms in total. The molecule has 26 heavy (non-hydrogen) atoms. The number of hydrogen-bond donors (Lipinski definition) is 0. The predicted octanol–water partition coefficient (Wildman–Crippen LogP) is 2.51. The molecule has 0 aliphatic carbocycles. The van der Waals surface area contributed by atoms with Crippen molar-refractivity contribution in [1.82, 2.24) is 9.80 Å². The van der Waals surface area contributed by atoms with Crippen LogP contribution >= 0.6 is 0 Å². The van der Waals surface area contributed by atoms with Crippen molar-refractivity contribution in [3.63, 3.8) is 0 Å². The van der Waals surface area contributed by atoms with E-state index in [9.17, 15) is 14.9 Å². The third kappa shape index (κ3) is 4.25. The van der Waals surface area contributed by atoms with Crippen molar-refractivity contribution in [3.05, 3.63) is 64.7 Å². The Labute approximate surface area is 152 Å². The fourth-order valence-electron chi connectivity index (χ4n) is 3.01. The maximum atomic E-state index is 13.0. The number of nitro benzene ring substituents is 1. The van der Waals surface area contributed by atoms with Crippen LogP contribution in [0.15, 0.2) is 54.6 Å². The molecule has 1 fully saturated rings. The molecule has 136 valence electrons. The Bertz CT molecular complexity index is 756. The minimum atomic E-state index is -0.442. The topological polar surface area (TPSA) is 69.9 Å². The first-order chi connectivity index (χ1) is 12.5. The largest absolute Gasteiger partial charge is 0.304 e. The lowest BCUT2D eigenvalue weighted by atomic mass is 10.2. The molecule has 0 N–H and O–H groups in total. The first kappa shape index (κ1) is 18.0. The molecule has 7 heteroatoms. The molecule has 0 spiro atoms. The monoisotopic (exact) mass is 354 g/mol. The van der Waals surface area contributed by atoms with E-state index in [1.807, 2.05) is 30.3 Å². The van der Waals surface area contributed by atoms with E-state index in [0.29, 0.717) is 12.2 Å². The smallest absolute Gasteiger partial charge is 0.269 e. The van der Waals surface area contributed by atoms with Crippen LogP contribution < -0.4 is 4.90 Å². The van der Waals surface area contributed by atoms with Gasteiger partial charge in [-0.2, -0.15) is 0 Å². The van der Waals surface area contributed by atoms with Crippen molar-refractivity contribution in [2.75, 3.05) is 44.7 Å². The highest BCUT2D eigenvalue weighted by atomic mass is 16.6. The van der Waals surface area contributed by atoms with Gasteiger partial charge in [0.05, 0.1) is 11.5 Å². The second-order valence-electron chi connectivity index (χ2n) is 6.42. The van der Waals surface area contributed by atoms with Gasteiger partial charge in [0.25, 0.3) is 5.69 Å². The van der Waals surface area contributed by atoms with Crippen LogP contribution in [0, 0.1) is 10.1 Å². The van der Waals surface area contributed by atoms with Crippen LogP contribution in [0.3, 0.4) is 0 Å². The standard InChI is InChI=1S/C19H22N4O3/c1-20-11-13-21(14-12-20)15-19(24)22(16-5-3-2-4-6-16)17-7-9-18(10-8-17)23(25)26/h2-10H,11-15H2,1H3. The van der Waals surface area contributed by atoms with Crippen LogP contribution in [0.1, 0.15) is 0 Å². The SMILES string of the molecule is CN1CCN(CC(=O)N(c2ccccc2)c2ccc([N+](=O)[O-])cc2)CC1. The van der Waals surface area contributed by atoms with E-state index in [0.717, 1.165) is 31.9 Å². The Morgan fingerprint density at radius 2 is 1.58 bits per heavy atom. The van der Waals surface area contributed by atoms with Crippen LogP contribution in [0.5, 0.6) is 0 Å². The third-order valence-electron chi connectivity index (χ3n) is 4.54. The van der Waals surface area contributed by atoms with Crippen molar-refractivity contribution in [2.24, 2.45) is 0 Å². The molecular weight excluding hydrogens is 332 g/mol. The number of piperazine rings is 1. The lowest BCUT2D eigenvalue weighted by Gasteiger charge is -2.33. The van der Waals surface area contributed by atoms with Gasteiger partial charge in [0, 0.05) is 49.7 Å². The van der Waals surface area contributed by atoms with Crippen LogP contribution in [0.2, 0.25) is 0 Å². The normalized spacial score (nSPS) is 15.6. The Hall–Kier alpha value is -2.77. The predicted molar refractivity (Wildman–Crippen MR) is 101 cm³/mol. The van der Waals surface area contributed by atoms with Gasteiger partial charge in [-0.1, -0.05) is 18.2 Å². The van der Waals surface area contributed by atoms with Crippen molar-refractivity contribution in [3.8, 4) is 0 Å². The molecule has 1 saturated heterocycles. The number of hydrogen-bond acceptors (Lipinski definition) is 5. The van der Waals surface area contributed by atoms with Crippen LogP contribution in [-0.4, -0.2) is 60.4 Å². The van der Waals surface area contributed by atoms with Gasteiger partial charge >= 0.3 is 0 Å². The number of benzene rings is 2. The zero-order valence-electron chi connectivity index (χ0n) is 14.7. The lowest BCUT2D eigenvalue weighted by Crippen LogP contribution is -2.48. The Kier molecular flexibility index (Phi) is 5.60. The second-order valence-corrected chi connectivity index (χ2v) is 6.42. The summed E-state index contributed by atoms with van der Waals surface area (Å²) in [7, 11) is 2.08. The number of para-hydroxylation sites is 1. The quantitative estimate of drug-likeness (QED) is 0.609. The van der Waals surface area contributed by atoms with E-state index in [1.54, 1.807) is 17.0 Å². The van der Waals surface area contributed by atoms with Gasteiger partial charge in [0.1, 0.15) is 0 Å². The summed E-state index contributed by atoms with van der Waals surface area (Å²) >= 11 is 0. The summed E-state index contributed by atoms with van der Waals surface area (Å²) < 4.78 is 0. The van der Waals surface area contributed by atoms with Gasteiger partial charge in [0.2, 0.25) is 5.91 Å². The molecule has 1 heterocycles. The van der Waals surface area contributed by atoms with E-state index in [1.165, 1.54) is 12.1 Å². The molecular formula is C19H22N4O3. The highest BCUT2D eigenvalue weighted by Gasteiger charge is 2.23. The number of carbonyl (C=O) groups is 1. The van der Waals surface area contributed by atoms with Crippen molar-refractivity contribution in [2.45, 2.75) is 0 Å². The summed E-state index contributed by atoms with van der Waals surface area (Å²) in [5, 5.41) is 10.9. The molecule has 1 amide bonds. The minimum Gasteiger partial charge on any atom is -0.304 e. The molecule has 0 radical (unpaired) electrons. The van der Waals surface area contributed by atoms with Crippen molar-refractivity contribution < 1.29 is 9.72 Å². The van der Waals surface area contributed by atoms with Gasteiger partial charge in [-0.15, -0.1) is 0 Å². The lowest BCUT2D eigenvalue weighted by molar-refractivity contribution is -0.384. The molecule has 2 aromatic carbocycles. The molecule has 0 atom stereocenters. The number of likely N-dealkylation sites (N-methyl/N-ethyl adjacent to an activating group) is 1. The first-order valence-electron chi connectivity index (χ1n) is 8.58. The number of non-ortho nitro benzene ring substituents is 1. The van der Waals surface area contributed by atoms with Gasteiger partial charge in [-0.25, -0.2) is 0 Å². The molecule has 1 aliphatic heterocycles. The van der Waals surface area contributed by atoms with Crippen molar-refractivity contribution in [1.29, 1.82) is 0 Å². The Morgan fingerprint density at radius 1 is 1.00 bits per heavy atom. The zero-order chi connectivity index (χ0) is 18.5. The van der Waals surface area contributed by atoms with Crippen LogP contribution in [0.4, 0.5) is 17.1 Å². The van der Waals surface area contributed by atoms with Gasteiger partial charge < -0.3 is 4.90 Å². The average Bonchev–Trinajstić information content (AvgIpc) is 2.65. The maximum Gasteiger partial charge on any atom is 0.269 e. The van der Waals surface area contributed by atoms with Gasteiger partial charge in [-0.05, 0) is 31.3 Å². The molecule has 1 aliphatic rings. The first-order valence-corrected chi connectivity index (χ1v) is 8.58. The number of amides is 1. The molecule has 0 saturated carbocycles. The van der Waals surface area contributed by atoms with E-state index in [4.69, 9.17) is 0 Å². The molecule has 2 aromatic rings. The summed E-state index contributed by atoms with van der Waals surface area (Å²) in [6.45, 7) is 3.91. The highest BCUT2D eigenvalue weighted by molar-refractivity contribution is 6.01. The summed E-state index contributed by atoms with van der Waals surface area (Å²) in [6, 6.07) is 15.5. The van der Waals surface area contributed by atoms with Gasteiger partial charge in [-0.3, -0.25) is 24.7 Å². The highest BCUT2D eigenvalue weighted by Crippen LogP contribution is 2.27.